The molecule has 0 aliphatic rings. The molecule has 0 aliphatic heterocycles. The molecule has 0 fully saturated rings. The van der Waals surface area contributed by atoms with Crippen molar-refractivity contribution in [1.82, 2.24) is 14.9 Å². The molecule has 0 saturated heterocycles. The van der Waals surface area contributed by atoms with Gasteiger partial charge in [-0.2, -0.15) is 0 Å². The van der Waals surface area contributed by atoms with Crippen molar-refractivity contribution in [2.45, 2.75) is 19.4 Å². The van der Waals surface area contributed by atoms with Crippen molar-refractivity contribution in [1.29, 1.82) is 0 Å². The highest BCUT2D eigenvalue weighted by molar-refractivity contribution is 7.05. The van der Waals surface area contributed by atoms with Gasteiger partial charge >= 0.3 is 0 Å². The maximum Gasteiger partial charge on any atom is 0.107 e. The molecule has 12 heavy (non-hydrogen) atoms. The Kier molecular flexibility index (Phi) is 3.71. The van der Waals surface area contributed by atoms with E-state index in [1.807, 2.05) is 0 Å². The van der Waals surface area contributed by atoms with Crippen molar-refractivity contribution in [3.63, 3.8) is 0 Å². The maximum atomic E-state index is 5.34. The van der Waals surface area contributed by atoms with Gasteiger partial charge in [0.2, 0.25) is 0 Å². The summed E-state index contributed by atoms with van der Waals surface area (Å²) in [5.41, 5.74) is 0. The van der Waals surface area contributed by atoms with Gasteiger partial charge in [0, 0.05) is 0 Å². The van der Waals surface area contributed by atoms with Gasteiger partial charge in [-0.25, -0.2) is 0 Å². The van der Waals surface area contributed by atoms with Crippen LogP contribution in [0.15, 0.2) is 6.20 Å². The monoisotopic (exact) mass is 181 g/mol. The lowest BCUT2D eigenvalue weighted by Gasteiger charge is -2.07. The van der Waals surface area contributed by atoms with E-state index in [1.54, 1.807) is 6.20 Å². The normalized spacial score (nSPS) is 12.3. The van der Waals surface area contributed by atoms with Crippen LogP contribution in [0.1, 0.15) is 24.3 Å². The molecule has 1 atom stereocenters. The van der Waals surface area contributed by atoms with E-state index in [0.717, 1.165) is 17.8 Å². The Hall–Kier alpha value is -0.920. The van der Waals surface area contributed by atoms with Gasteiger partial charge in [-0.05, 0) is 24.5 Å². The lowest BCUT2D eigenvalue weighted by Crippen LogP contribution is -2.19. The SMILES string of the molecule is C#CC(NCCC)c1cnns1. The van der Waals surface area contributed by atoms with Gasteiger partial charge in [-0.1, -0.05) is 17.3 Å². The zero-order valence-electron chi connectivity index (χ0n) is 6.95. The minimum atomic E-state index is -0.0232. The third kappa shape index (κ3) is 2.29. The van der Waals surface area contributed by atoms with Gasteiger partial charge < -0.3 is 0 Å². The maximum absolute atomic E-state index is 5.34. The Labute approximate surface area is 76.4 Å². The van der Waals surface area contributed by atoms with Crippen LogP contribution in [0.5, 0.6) is 0 Å². The van der Waals surface area contributed by atoms with E-state index in [-0.39, 0.29) is 6.04 Å². The van der Waals surface area contributed by atoms with Gasteiger partial charge in [0.1, 0.15) is 6.04 Å². The van der Waals surface area contributed by atoms with E-state index in [0.29, 0.717) is 0 Å². The number of aromatic nitrogens is 2. The Morgan fingerprint density at radius 3 is 3.17 bits per heavy atom. The molecule has 0 aromatic carbocycles. The molecule has 1 rings (SSSR count). The summed E-state index contributed by atoms with van der Waals surface area (Å²) in [5, 5.41) is 6.95. The van der Waals surface area contributed by atoms with Crippen molar-refractivity contribution in [3.8, 4) is 12.3 Å². The molecule has 1 aromatic heterocycles. The predicted molar refractivity (Wildman–Crippen MR) is 49.8 cm³/mol. The first-order valence-electron chi connectivity index (χ1n) is 3.85. The summed E-state index contributed by atoms with van der Waals surface area (Å²) < 4.78 is 3.76. The Balaban J connectivity index is 2.53. The molecule has 1 N–H and O–H groups in total. The molecular formula is C8H11N3S. The fourth-order valence-corrected chi connectivity index (χ4v) is 1.37. The van der Waals surface area contributed by atoms with Crippen LogP contribution in [0.2, 0.25) is 0 Å². The minimum Gasteiger partial charge on any atom is -0.299 e. The smallest absolute Gasteiger partial charge is 0.107 e. The third-order valence-corrected chi connectivity index (χ3v) is 2.16. The molecule has 0 bridgehead atoms. The fraction of sp³-hybridized carbons (Fsp3) is 0.500. The van der Waals surface area contributed by atoms with Gasteiger partial charge in [-0.3, -0.25) is 5.32 Å². The van der Waals surface area contributed by atoms with Crippen LogP contribution in [0.4, 0.5) is 0 Å². The van der Waals surface area contributed by atoms with Crippen LogP contribution in [-0.4, -0.2) is 16.1 Å². The first-order chi connectivity index (χ1) is 5.88. The number of hydrogen-bond donors (Lipinski definition) is 1. The Bertz CT molecular complexity index is 250. The van der Waals surface area contributed by atoms with E-state index in [4.69, 9.17) is 6.42 Å². The van der Waals surface area contributed by atoms with Crippen molar-refractivity contribution in [3.05, 3.63) is 11.1 Å². The lowest BCUT2D eigenvalue weighted by molar-refractivity contribution is 0.632. The zero-order chi connectivity index (χ0) is 8.81. The van der Waals surface area contributed by atoms with Crippen LogP contribution in [0.3, 0.4) is 0 Å². The molecule has 4 heteroatoms. The molecule has 0 spiro atoms. The summed E-state index contributed by atoms with van der Waals surface area (Å²) in [6, 6.07) is -0.0232. The van der Waals surface area contributed by atoms with E-state index in [2.05, 4.69) is 27.7 Å². The molecule has 0 aliphatic carbocycles. The molecule has 1 heterocycles. The summed E-state index contributed by atoms with van der Waals surface area (Å²) in [6.45, 7) is 3.03. The first kappa shape index (κ1) is 9.17. The number of terminal acetylenes is 1. The summed E-state index contributed by atoms with van der Waals surface area (Å²) in [6.07, 6.45) is 8.12. The second kappa shape index (κ2) is 4.86. The molecule has 3 nitrogen and oxygen atoms in total. The number of rotatable bonds is 4. The second-order valence-electron chi connectivity index (χ2n) is 2.37. The van der Waals surface area contributed by atoms with Crippen molar-refractivity contribution >= 4 is 11.5 Å². The lowest BCUT2D eigenvalue weighted by atomic mass is 10.2. The van der Waals surface area contributed by atoms with Gasteiger partial charge in [-0.15, -0.1) is 11.5 Å². The number of hydrogen-bond acceptors (Lipinski definition) is 4. The van der Waals surface area contributed by atoms with Crippen LogP contribution in [-0.2, 0) is 0 Å². The topological polar surface area (TPSA) is 37.8 Å². The average molecular weight is 181 g/mol. The summed E-state index contributed by atoms with van der Waals surface area (Å²) in [5.74, 6) is 2.66. The highest BCUT2D eigenvalue weighted by Gasteiger charge is 2.08. The largest absolute Gasteiger partial charge is 0.299 e. The molecule has 64 valence electrons. The molecule has 0 amide bonds. The Morgan fingerprint density at radius 1 is 1.83 bits per heavy atom. The molecular weight excluding hydrogens is 170 g/mol. The fourth-order valence-electron chi connectivity index (χ4n) is 0.832. The Morgan fingerprint density at radius 2 is 2.67 bits per heavy atom. The highest BCUT2D eigenvalue weighted by Crippen LogP contribution is 2.13. The van der Waals surface area contributed by atoms with Crippen LogP contribution >= 0.6 is 11.5 Å². The molecule has 0 radical (unpaired) electrons. The van der Waals surface area contributed by atoms with Crippen molar-refractivity contribution in [2.75, 3.05) is 6.54 Å². The summed E-state index contributed by atoms with van der Waals surface area (Å²) >= 11 is 1.34. The average Bonchev–Trinajstić information content (AvgIpc) is 2.59. The van der Waals surface area contributed by atoms with Crippen LogP contribution < -0.4 is 5.32 Å². The summed E-state index contributed by atoms with van der Waals surface area (Å²) in [7, 11) is 0. The second-order valence-corrected chi connectivity index (χ2v) is 3.19. The highest BCUT2D eigenvalue weighted by atomic mass is 32.1. The molecule has 1 aromatic rings. The number of nitrogens with zero attached hydrogens (tertiary/aromatic N) is 2. The van der Waals surface area contributed by atoms with Gasteiger partial charge in [0.25, 0.3) is 0 Å². The van der Waals surface area contributed by atoms with Gasteiger partial charge in [0.05, 0.1) is 11.1 Å². The third-order valence-electron chi connectivity index (χ3n) is 1.43. The first-order valence-corrected chi connectivity index (χ1v) is 4.62. The van der Waals surface area contributed by atoms with E-state index in [1.165, 1.54) is 11.5 Å². The summed E-state index contributed by atoms with van der Waals surface area (Å²) in [4.78, 5) is 1.01. The zero-order valence-corrected chi connectivity index (χ0v) is 7.77. The van der Waals surface area contributed by atoms with E-state index < -0.39 is 0 Å². The van der Waals surface area contributed by atoms with Crippen LogP contribution in [0, 0.1) is 12.3 Å². The van der Waals surface area contributed by atoms with E-state index >= 15 is 0 Å². The van der Waals surface area contributed by atoms with Crippen LogP contribution in [0.25, 0.3) is 0 Å². The molecule has 1 unspecified atom stereocenters. The van der Waals surface area contributed by atoms with Crippen molar-refractivity contribution in [2.24, 2.45) is 0 Å². The quantitative estimate of drug-likeness (QED) is 0.709. The predicted octanol–water partition coefficient (Wildman–Crippen LogP) is 1.21. The molecule has 0 saturated carbocycles. The van der Waals surface area contributed by atoms with E-state index in [9.17, 15) is 0 Å². The van der Waals surface area contributed by atoms with Crippen molar-refractivity contribution < 1.29 is 0 Å². The standard InChI is InChI=1S/C8H11N3S/c1-3-5-9-7(4-2)8-6-10-11-12-8/h2,6-7,9H,3,5H2,1H3. The minimum absolute atomic E-state index is 0.0232. The van der Waals surface area contributed by atoms with Gasteiger partial charge in [0.15, 0.2) is 0 Å². The number of nitrogens with one attached hydrogen (secondary N) is 1.